The Balaban J connectivity index is 1.67. The third-order valence-electron chi connectivity index (χ3n) is 2.53. The summed E-state index contributed by atoms with van der Waals surface area (Å²) in [7, 11) is 0. The predicted octanol–water partition coefficient (Wildman–Crippen LogP) is 0.820. The fourth-order valence-electron chi connectivity index (χ4n) is 1.79. The van der Waals surface area contributed by atoms with E-state index in [1.807, 2.05) is 0 Å². The fourth-order valence-corrected chi connectivity index (χ4v) is 1.79. The van der Waals surface area contributed by atoms with Crippen LogP contribution in [0.15, 0.2) is 6.20 Å². The lowest BCUT2D eigenvalue weighted by molar-refractivity contribution is 0.0512. The number of hydrogen-bond acceptors (Lipinski definition) is 4. The standard InChI is InChI=1S/C9H16N4O/c10-9-7-13(12-11-9)5-6-14-8-3-1-2-4-8/h7-8H,1-6,10H2. The quantitative estimate of drug-likeness (QED) is 0.774. The topological polar surface area (TPSA) is 66.0 Å². The van der Waals surface area contributed by atoms with E-state index in [0.717, 1.165) is 6.54 Å². The van der Waals surface area contributed by atoms with Gasteiger partial charge in [-0.3, -0.25) is 0 Å². The zero-order valence-corrected chi connectivity index (χ0v) is 8.22. The summed E-state index contributed by atoms with van der Waals surface area (Å²) in [5, 5.41) is 7.54. The van der Waals surface area contributed by atoms with Crippen LogP contribution in [0.5, 0.6) is 0 Å². The van der Waals surface area contributed by atoms with Gasteiger partial charge in [0.1, 0.15) is 0 Å². The van der Waals surface area contributed by atoms with Gasteiger partial charge in [0.05, 0.1) is 25.5 Å². The number of nitrogen functional groups attached to an aromatic ring is 1. The van der Waals surface area contributed by atoms with Gasteiger partial charge in [-0.1, -0.05) is 18.1 Å². The van der Waals surface area contributed by atoms with E-state index < -0.39 is 0 Å². The molecular formula is C9H16N4O. The summed E-state index contributed by atoms with van der Waals surface area (Å²) in [5.41, 5.74) is 5.44. The number of aromatic nitrogens is 3. The molecular weight excluding hydrogens is 180 g/mol. The molecule has 1 aliphatic carbocycles. The SMILES string of the molecule is Nc1cn(CCOC2CCCC2)nn1. The van der Waals surface area contributed by atoms with E-state index in [9.17, 15) is 0 Å². The number of anilines is 1. The molecule has 1 heterocycles. The number of nitrogens with zero attached hydrogens (tertiary/aromatic N) is 3. The molecule has 1 saturated carbocycles. The predicted molar refractivity (Wildman–Crippen MR) is 52.6 cm³/mol. The monoisotopic (exact) mass is 196 g/mol. The summed E-state index contributed by atoms with van der Waals surface area (Å²) in [6.07, 6.45) is 7.22. The Labute approximate surface area is 83.2 Å². The molecule has 0 atom stereocenters. The molecule has 1 aliphatic rings. The molecule has 0 bridgehead atoms. The number of ether oxygens (including phenoxy) is 1. The van der Waals surface area contributed by atoms with Crippen LogP contribution in [0.4, 0.5) is 5.82 Å². The highest BCUT2D eigenvalue weighted by molar-refractivity contribution is 5.19. The molecule has 78 valence electrons. The maximum atomic E-state index is 5.69. The smallest absolute Gasteiger partial charge is 0.165 e. The van der Waals surface area contributed by atoms with Crippen molar-refractivity contribution in [2.24, 2.45) is 0 Å². The van der Waals surface area contributed by atoms with Crippen molar-refractivity contribution in [1.29, 1.82) is 0 Å². The number of nitrogens with two attached hydrogens (primary N) is 1. The Morgan fingerprint density at radius 2 is 2.29 bits per heavy atom. The molecule has 0 aliphatic heterocycles. The lowest BCUT2D eigenvalue weighted by Crippen LogP contribution is -2.13. The molecule has 0 spiro atoms. The second-order valence-electron chi connectivity index (χ2n) is 3.68. The molecule has 0 saturated heterocycles. The summed E-state index contributed by atoms with van der Waals surface area (Å²) >= 11 is 0. The Kier molecular flexibility index (Phi) is 2.98. The van der Waals surface area contributed by atoms with E-state index in [-0.39, 0.29) is 0 Å². The minimum absolute atomic E-state index is 0.464. The second kappa shape index (κ2) is 4.41. The van der Waals surface area contributed by atoms with Gasteiger partial charge in [0, 0.05) is 0 Å². The maximum Gasteiger partial charge on any atom is 0.165 e. The number of hydrogen-bond donors (Lipinski definition) is 1. The van der Waals surface area contributed by atoms with E-state index in [4.69, 9.17) is 10.5 Å². The highest BCUT2D eigenvalue weighted by atomic mass is 16.5. The largest absolute Gasteiger partial charge is 0.381 e. The fraction of sp³-hybridized carbons (Fsp3) is 0.778. The Hall–Kier alpha value is -1.10. The van der Waals surface area contributed by atoms with Crippen LogP contribution in [-0.2, 0) is 11.3 Å². The van der Waals surface area contributed by atoms with Crippen molar-refractivity contribution in [2.75, 3.05) is 12.3 Å². The van der Waals surface area contributed by atoms with Crippen molar-refractivity contribution in [2.45, 2.75) is 38.3 Å². The summed E-state index contributed by atoms with van der Waals surface area (Å²) in [6.45, 7) is 1.44. The summed E-state index contributed by atoms with van der Waals surface area (Å²) in [5.74, 6) is 0.464. The van der Waals surface area contributed by atoms with Crippen molar-refractivity contribution in [1.82, 2.24) is 15.0 Å². The van der Waals surface area contributed by atoms with E-state index in [1.165, 1.54) is 25.7 Å². The highest BCUT2D eigenvalue weighted by Crippen LogP contribution is 2.20. The highest BCUT2D eigenvalue weighted by Gasteiger charge is 2.14. The molecule has 0 radical (unpaired) electrons. The minimum Gasteiger partial charge on any atom is -0.381 e. The van der Waals surface area contributed by atoms with E-state index >= 15 is 0 Å². The first-order valence-electron chi connectivity index (χ1n) is 5.12. The van der Waals surface area contributed by atoms with E-state index in [2.05, 4.69) is 10.3 Å². The van der Waals surface area contributed by atoms with Gasteiger partial charge < -0.3 is 10.5 Å². The Morgan fingerprint density at radius 3 is 2.93 bits per heavy atom. The molecule has 5 heteroatoms. The normalized spacial score (nSPS) is 17.7. The van der Waals surface area contributed by atoms with Crippen LogP contribution in [0.25, 0.3) is 0 Å². The molecule has 14 heavy (non-hydrogen) atoms. The van der Waals surface area contributed by atoms with E-state index in [0.29, 0.717) is 18.5 Å². The minimum atomic E-state index is 0.464. The first-order valence-corrected chi connectivity index (χ1v) is 5.12. The lowest BCUT2D eigenvalue weighted by Gasteiger charge is -2.10. The molecule has 0 aromatic carbocycles. The van der Waals surface area contributed by atoms with Crippen LogP contribution in [0.1, 0.15) is 25.7 Å². The van der Waals surface area contributed by atoms with Crippen molar-refractivity contribution in [3.8, 4) is 0 Å². The molecule has 1 aromatic rings. The lowest BCUT2D eigenvalue weighted by atomic mass is 10.3. The molecule has 0 amide bonds. The molecule has 2 N–H and O–H groups in total. The van der Waals surface area contributed by atoms with Crippen molar-refractivity contribution < 1.29 is 4.74 Å². The van der Waals surface area contributed by atoms with Gasteiger partial charge >= 0.3 is 0 Å². The van der Waals surface area contributed by atoms with Crippen LogP contribution >= 0.6 is 0 Å². The summed E-state index contributed by atoms with van der Waals surface area (Å²) in [4.78, 5) is 0. The molecule has 2 rings (SSSR count). The zero-order valence-electron chi connectivity index (χ0n) is 8.22. The Morgan fingerprint density at radius 1 is 1.50 bits per heavy atom. The van der Waals surface area contributed by atoms with Gasteiger partial charge in [0.2, 0.25) is 0 Å². The van der Waals surface area contributed by atoms with E-state index in [1.54, 1.807) is 10.9 Å². The van der Waals surface area contributed by atoms with Crippen LogP contribution in [0.2, 0.25) is 0 Å². The van der Waals surface area contributed by atoms with Crippen LogP contribution in [0.3, 0.4) is 0 Å². The van der Waals surface area contributed by atoms with Gasteiger partial charge in [-0.2, -0.15) is 0 Å². The van der Waals surface area contributed by atoms with Gasteiger partial charge in [-0.05, 0) is 12.8 Å². The van der Waals surface area contributed by atoms with Crippen molar-refractivity contribution >= 4 is 5.82 Å². The molecule has 1 aromatic heterocycles. The summed E-state index contributed by atoms with van der Waals surface area (Å²) in [6, 6.07) is 0. The molecule has 0 unspecified atom stereocenters. The van der Waals surface area contributed by atoms with Crippen LogP contribution in [0, 0.1) is 0 Å². The third kappa shape index (κ3) is 2.45. The summed E-state index contributed by atoms with van der Waals surface area (Å²) < 4.78 is 7.40. The third-order valence-corrected chi connectivity index (χ3v) is 2.53. The first kappa shape index (κ1) is 9.45. The maximum absolute atomic E-state index is 5.69. The Bertz CT molecular complexity index is 280. The van der Waals surface area contributed by atoms with Crippen molar-refractivity contribution in [3.05, 3.63) is 6.20 Å². The zero-order chi connectivity index (χ0) is 9.80. The van der Waals surface area contributed by atoms with Gasteiger partial charge in [0.15, 0.2) is 5.82 Å². The van der Waals surface area contributed by atoms with Crippen LogP contribution in [-0.4, -0.2) is 27.7 Å². The first-order chi connectivity index (χ1) is 6.84. The average Bonchev–Trinajstić information content (AvgIpc) is 2.77. The number of rotatable bonds is 4. The van der Waals surface area contributed by atoms with Gasteiger partial charge in [0.25, 0.3) is 0 Å². The van der Waals surface area contributed by atoms with Crippen molar-refractivity contribution in [3.63, 3.8) is 0 Å². The van der Waals surface area contributed by atoms with Gasteiger partial charge in [-0.25, -0.2) is 4.68 Å². The van der Waals surface area contributed by atoms with Crippen LogP contribution < -0.4 is 5.73 Å². The van der Waals surface area contributed by atoms with Gasteiger partial charge in [-0.15, -0.1) is 5.10 Å². The molecule has 5 nitrogen and oxygen atoms in total. The second-order valence-corrected chi connectivity index (χ2v) is 3.68. The average molecular weight is 196 g/mol. The molecule has 1 fully saturated rings.